The van der Waals surface area contributed by atoms with Gasteiger partial charge in [0.2, 0.25) is 0 Å². The van der Waals surface area contributed by atoms with E-state index in [9.17, 15) is 9.59 Å². The van der Waals surface area contributed by atoms with E-state index in [2.05, 4.69) is 15.3 Å². The molecule has 6 nitrogen and oxygen atoms in total. The van der Waals surface area contributed by atoms with Gasteiger partial charge in [0.1, 0.15) is 0 Å². The Hall–Kier alpha value is -2.08. The van der Waals surface area contributed by atoms with E-state index in [1.807, 2.05) is 6.92 Å². The van der Waals surface area contributed by atoms with Crippen molar-refractivity contribution in [3.63, 3.8) is 0 Å². The third-order valence-corrected chi connectivity index (χ3v) is 2.80. The normalized spacial score (nSPS) is 10.9. The summed E-state index contributed by atoms with van der Waals surface area (Å²) in [6, 6.07) is 1.65. The van der Waals surface area contributed by atoms with E-state index in [1.54, 1.807) is 13.1 Å². The molecule has 0 unspecified atom stereocenters. The molecule has 2 rings (SSSR count). The average Bonchev–Trinajstić information content (AvgIpc) is 2.28. The van der Waals surface area contributed by atoms with Gasteiger partial charge in [-0.1, -0.05) is 0 Å². The minimum absolute atomic E-state index is 0.544. The fourth-order valence-corrected chi connectivity index (χ4v) is 1.85. The van der Waals surface area contributed by atoms with Gasteiger partial charge in [-0.05, 0) is 31.2 Å². The molecule has 0 bridgehead atoms. The number of aromatic amines is 2. The van der Waals surface area contributed by atoms with E-state index >= 15 is 0 Å². The SMILES string of the molecule is CNCc1c(C)c(N)cc2[nH]c(=O)c(=O)[nH]c12. The topological polar surface area (TPSA) is 104 Å². The Balaban J connectivity index is 2.92. The first kappa shape index (κ1) is 11.4. The molecule has 0 saturated carbocycles. The number of anilines is 1. The van der Waals surface area contributed by atoms with Gasteiger partial charge in [-0.25, -0.2) is 0 Å². The summed E-state index contributed by atoms with van der Waals surface area (Å²) in [5, 5.41) is 3.01. The molecule has 1 aromatic heterocycles. The maximum atomic E-state index is 11.3. The first-order chi connectivity index (χ1) is 8.04. The van der Waals surface area contributed by atoms with E-state index in [0.29, 0.717) is 23.3 Å². The fraction of sp³-hybridized carbons (Fsp3) is 0.273. The predicted octanol–water partition coefficient (Wildman–Crippen LogP) is -0.174. The monoisotopic (exact) mass is 234 g/mol. The predicted molar refractivity (Wildman–Crippen MR) is 67.1 cm³/mol. The van der Waals surface area contributed by atoms with Gasteiger partial charge in [0.15, 0.2) is 0 Å². The van der Waals surface area contributed by atoms with Crippen LogP contribution in [0, 0.1) is 6.92 Å². The molecule has 1 heterocycles. The fourth-order valence-electron chi connectivity index (χ4n) is 1.85. The molecule has 6 heteroatoms. The highest BCUT2D eigenvalue weighted by molar-refractivity contribution is 5.83. The third-order valence-electron chi connectivity index (χ3n) is 2.80. The maximum absolute atomic E-state index is 11.3. The van der Waals surface area contributed by atoms with Gasteiger partial charge in [0.05, 0.1) is 11.0 Å². The van der Waals surface area contributed by atoms with E-state index in [4.69, 9.17) is 5.73 Å². The van der Waals surface area contributed by atoms with Crippen LogP contribution in [-0.4, -0.2) is 17.0 Å². The second kappa shape index (κ2) is 4.06. The van der Waals surface area contributed by atoms with E-state index in [1.165, 1.54) is 0 Å². The molecule has 90 valence electrons. The molecular formula is C11H14N4O2. The Morgan fingerprint density at radius 3 is 2.59 bits per heavy atom. The van der Waals surface area contributed by atoms with Crippen LogP contribution in [0.3, 0.4) is 0 Å². The van der Waals surface area contributed by atoms with Gasteiger partial charge in [0, 0.05) is 12.2 Å². The molecule has 0 aliphatic heterocycles. The van der Waals surface area contributed by atoms with Gasteiger partial charge >= 0.3 is 11.1 Å². The summed E-state index contributed by atoms with van der Waals surface area (Å²) in [6.07, 6.45) is 0. The Morgan fingerprint density at radius 1 is 1.29 bits per heavy atom. The van der Waals surface area contributed by atoms with E-state index in [0.717, 1.165) is 11.1 Å². The number of hydrogen-bond donors (Lipinski definition) is 4. The largest absolute Gasteiger partial charge is 0.398 e. The van der Waals surface area contributed by atoms with Crippen LogP contribution in [0.5, 0.6) is 0 Å². The van der Waals surface area contributed by atoms with E-state index < -0.39 is 11.1 Å². The molecule has 17 heavy (non-hydrogen) atoms. The zero-order chi connectivity index (χ0) is 12.6. The number of H-pyrrole nitrogens is 2. The highest BCUT2D eigenvalue weighted by atomic mass is 16.2. The minimum Gasteiger partial charge on any atom is -0.398 e. The quantitative estimate of drug-likeness (QED) is 0.427. The zero-order valence-electron chi connectivity index (χ0n) is 9.68. The zero-order valence-corrected chi connectivity index (χ0v) is 9.68. The molecule has 0 aliphatic rings. The highest BCUT2D eigenvalue weighted by Crippen LogP contribution is 2.23. The number of fused-ring (bicyclic) bond motifs is 1. The van der Waals surface area contributed by atoms with Crippen molar-refractivity contribution in [2.45, 2.75) is 13.5 Å². The number of nitrogens with two attached hydrogens (primary N) is 1. The third kappa shape index (κ3) is 1.83. The summed E-state index contributed by atoms with van der Waals surface area (Å²) < 4.78 is 0. The van der Waals surface area contributed by atoms with Gasteiger partial charge in [-0.2, -0.15) is 0 Å². The summed E-state index contributed by atoms with van der Waals surface area (Å²) in [5.41, 5.74) is 8.08. The van der Waals surface area contributed by atoms with Crippen molar-refractivity contribution in [3.05, 3.63) is 37.9 Å². The molecule has 0 spiro atoms. The Bertz CT molecular complexity index is 684. The lowest BCUT2D eigenvalue weighted by Crippen LogP contribution is -2.29. The summed E-state index contributed by atoms with van der Waals surface area (Å²) in [4.78, 5) is 27.7. The molecular weight excluding hydrogens is 220 g/mol. The second-order valence-electron chi connectivity index (χ2n) is 3.93. The first-order valence-corrected chi connectivity index (χ1v) is 5.23. The molecule has 5 N–H and O–H groups in total. The van der Waals surface area contributed by atoms with Crippen molar-refractivity contribution in [1.29, 1.82) is 0 Å². The van der Waals surface area contributed by atoms with Crippen LogP contribution in [-0.2, 0) is 6.54 Å². The lowest BCUT2D eigenvalue weighted by molar-refractivity contribution is 0.815. The molecule has 2 aromatic rings. The van der Waals surface area contributed by atoms with Gasteiger partial charge in [0.25, 0.3) is 0 Å². The molecule has 0 radical (unpaired) electrons. The minimum atomic E-state index is -0.670. The van der Waals surface area contributed by atoms with E-state index in [-0.39, 0.29) is 0 Å². The Labute approximate surface area is 96.9 Å². The van der Waals surface area contributed by atoms with Crippen LogP contribution in [0.15, 0.2) is 15.7 Å². The summed E-state index contributed by atoms with van der Waals surface area (Å²) in [6.45, 7) is 2.44. The first-order valence-electron chi connectivity index (χ1n) is 5.23. The number of hydrogen-bond acceptors (Lipinski definition) is 4. The van der Waals surface area contributed by atoms with Crippen LogP contribution < -0.4 is 22.2 Å². The molecule has 0 amide bonds. The van der Waals surface area contributed by atoms with Crippen LogP contribution in [0.1, 0.15) is 11.1 Å². The number of nitrogen functional groups attached to an aromatic ring is 1. The van der Waals surface area contributed by atoms with Crippen molar-refractivity contribution in [1.82, 2.24) is 15.3 Å². The lowest BCUT2D eigenvalue weighted by Gasteiger charge is -2.11. The van der Waals surface area contributed by atoms with Crippen molar-refractivity contribution in [3.8, 4) is 0 Å². The number of rotatable bonds is 2. The van der Waals surface area contributed by atoms with Crippen LogP contribution in [0.2, 0.25) is 0 Å². The standard InChI is InChI=1S/C11H14N4O2/c1-5-6(4-13-2)9-8(3-7(5)12)14-10(16)11(17)15-9/h3,13H,4,12H2,1-2H3,(H,14,16)(H,15,17). The van der Waals surface area contributed by atoms with Gasteiger partial charge in [-0.3, -0.25) is 9.59 Å². The van der Waals surface area contributed by atoms with Crippen molar-refractivity contribution >= 4 is 16.7 Å². The van der Waals surface area contributed by atoms with Gasteiger partial charge < -0.3 is 21.0 Å². The molecule has 0 atom stereocenters. The summed E-state index contributed by atoms with van der Waals surface area (Å²) >= 11 is 0. The van der Waals surface area contributed by atoms with Crippen molar-refractivity contribution < 1.29 is 0 Å². The molecule has 0 fully saturated rings. The average molecular weight is 234 g/mol. The van der Waals surface area contributed by atoms with Crippen LogP contribution in [0.25, 0.3) is 11.0 Å². The molecule has 0 saturated heterocycles. The van der Waals surface area contributed by atoms with Crippen LogP contribution >= 0.6 is 0 Å². The van der Waals surface area contributed by atoms with Gasteiger partial charge in [-0.15, -0.1) is 0 Å². The Kier molecular flexibility index (Phi) is 2.72. The van der Waals surface area contributed by atoms with Crippen LogP contribution in [0.4, 0.5) is 5.69 Å². The summed E-state index contributed by atoms with van der Waals surface area (Å²) in [5.74, 6) is 0. The molecule has 0 aliphatic carbocycles. The molecule has 1 aromatic carbocycles. The number of nitrogens with one attached hydrogen (secondary N) is 3. The van der Waals surface area contributed by atoms with Crippen molar-refractivity contribution in [2.24, 2.45) is 0 Å². The van der Waals surface area contributed by atoms with Crippen molar-refractivity contribution in [2.75, 3.05) is 12.8 Å². The smallest absolute Gasteiger partial charge is 0.314 e. The maximum Gasteiger partial charge on any atom is 0.314 e. The summed E-state index contributed by atoms with van der Waals surface area (Å²) in [7, 11) is 1.80. The Morgan fingerprint density at radius 2 is 1.94 bits per heavy atom. The second-order valence-corrected chi connectivity index (χ2v) is 3.93. The number of benzene rings is 1. The number of aromatic nitrogens is 2. The lowest BCUT2D eigenvalue weighted by atomic mass is 10.0. The highest BCUT2D eigenvalue weighted by Gasteiger charge is 2.10.